The number of tetrazole rings is 1. The molecule has 16 heavy (non-hydrogen) atoms. The summed E-state index contributed by atoms with van der Waals surface area (Å²) in [5.41, 5.74) is 0. The van der Waals surface area contributed by atoms with E-state index in [-0.39, 0.29) is 0 Å². The normalized spacial score (nSPS) is 21.1. The standard InChI is InChI=1S/C10H13N5O/c1-3-8(7-11-5-1)10-12-13-14-15(10)9-4-2-6-16-9/h2,4,6,8,11H,1,3,5,7H2. The summed E-state index contributed by atoms with van der Waals surface area (Å²) in [6.07, 6.45) is 3.91. The molecule has 0 aliphatic carbocycles. The molecule has 84 valence electrons. The van der Waals surface area contributed by atoms with E-state index < -0.39 is 0 Å². The number of aromatic nitrogens is 4. The van der Waals surface area contributed by atoms with Crippen molar-refractivity contribution >= 4 is 0 Å². The van der Waals surface area contributed by atoms with E-state index in [0.717, 1.165) is 31.8 Å². The van der Waals surface area contributed by atoms with E-state index in [1.807, 2.05) is 12.1 Å². The Bertz CT molecular complexity index is 443. The molecule has 0 aromatic carbocycles. The van der Waals surface area contributed by atoms with Crippen molar-refractivity contribution in [1.82, 2.24) is 25.5 Å². The zero-order valence-corrected chi connectivity index (χ0v) is 8.83. The summed E-state index contributed by atoms with van der Waals surface area (Å²) in [6.45, 7) is 2.01. The summed E-state index contributed by atoms with van der Waals surface area (Å²) in [5, 5.41) is 15.2. The van der Waals surface area contributed by atoms with Gasteiger partial charge in [0.05, 0.1) is 6.26 Å². The Morgan fingerprint density at radius 1 is 1.50 bits per heavy atom. The number of hydrogen-bond acceptors (Lipinski definition) is 5. The highest BCUT2D eigenvalue weighted by Gasteiger charge is 2.22. The topological polar surface area (TPSA) is 68.8 Å². The molecule has 3 heterocycles. The smallest absolute Gasteiger partial charge is 0.222 e. The van der Waals surface area contributed by atoms with Gasteiger partial charge < -0.3 is 9.73 Å². The quantitative estimate of drug-likeness (QED) is 0.806. The molecular weight excluding hydrogens is 206 g/mol. The van der Waals surface area contributed by atoms with Crippen LogP contribution in [-0.4, -0.2) is 33.3 Å². The minimum absolute atomic E-state index is 0.369. The lowest BCUT2D eigenvalue weighted by Crippen LogP contribution is -2.30. The van der Waals surface area contributed by atoms with E-state index in [1.54, 1.807) is 10.9 Å². The first-order valence-electron chi connectivity index (χ1n) is 5.48. The predicted octanol–water partition coefficient (Wildman–Crippen LogP) is 0.722. The molecule has 1 atom stereocenters. The third-order valence-corrected chi connectivity index (χ3v) is 2.87. The molecule has 3 rings (SSSR count). The average Bonchev–Trinajstić information content (AvgIpc) is 3.01. The lowest BCUT2D eigenvalue weighted by molar-refractivity contribution is 0.428. The van der Waals surface area contributed by atoms with Gasteiger partial charge in [0.2, 0.25) is 5.88 Å². The molecule has 1 unspecified atom stereocenters. The fraction of sp³-hybridized carbons (Fsp3) is 0.500. The second kappa shape index (κ2) is 4.05. The molecule has 0 amide bonds. The third kappa shape index (κ3) is 1.61. The lowest BCUT2D eigenvalue weighted by Gasteiger charge is -2.21. The highest BCUT2D eigenvalue weighted by Crippen LogP contribution is 2.22. The number of nitrogens with zero attached hydrogens (tertiary/aromatic N) is 4. The van der Waals surface area contributed by atoms with Crippen molar-refractivity contribution in [3.63, 3.8) is 0 Å². The Hall–Kier alpha value is -1.69. The van der Waals surface area contributed by atoms with Crippen molar-refractivity contribution < 1.29 is 4.42 Å². The van der Waals surface area contributed by atoms with Crippen LogP contribution in [0.2, 0.25) is 0 Å². The van der Waals surface area contributed by atoms with Crippen LogP contribution in [0.5, 0.6) is 0 Å². The lowest BCUT2D eigenvalue weighted by atomic mass is 9.99. The fourth-order valence-corrected chi connectivity index (χ4v) is 2.07. The van der Waals surface area contributed by atoms with Gasteiger partial charge in [-0.15, -0.1) is 5.10 Å². The Morgan fingerprint density at radius 3 is 3.25 bits per heavy atom. The van der Waals surface area contributed by atoms with E-state index in [1.165, 1.54) is 0 Å². The Balaban J connectivity index is 1.92. The Labute approximate surface area is 92.6 Å². The molecule has 1 N–H and O–H groups in total. The fourth-order valence-electron chi connectivity index (χ4n) is 2.07. The predicted molar refractivity (Wildman–Crippen MR) is 56.3 cm³/mol. The van der Waals surface area contributed by atoms with Crippen LogP contribution in [-0.2, 0) is 0 Å². The molecule has 1 aliphatic rings. The van der Waals surface area contributed by atoms with E-state index in [2.05, 4.69) is 20.8 Å². The molecule has 0 saturated carbocycles. The number of hydrogen-bond donors (Lipinski definition) is 1. The molecule has 6 nitrogen and oxygen atoms in total. The number of nitrogens with one attached hydrogen (secondary N) is 1. The molecule has 1 aliphatic heterocycles. The minimum atomic E-state index is 0.369. The summed E-state index contributed by atoms with van der Waals surface area (Å²) in [4.78, 5) is 0. The van der Waals surface area contributed by atoms with Crippen molar-refractivity contribution in [3.8, 4) is 5.88 Å². The summed E-state index contributed by atoms with van der Waals surface area (Å²) >= 11 is 0. The van der Waals surface area contributed by atoms with Gasteiger partial charge in [0.15, 0.2) is 5.82 Å². The average molecular weight is 219 g/mol. The molecule has 1 saturated heterocycles. The van der Waals surface area contributed by atoms with Crippen LogP contribution >= 0.6 is 0 Å². The third-order valence-electron chi connectivity index (χ3n) is 2.87. The van der Waals surface area contributed by atoms with Crippen molar-refractivity contribution in [3.05, 3.63) is 24.2 Å². The van der Waals surface area contributed by atoms with E-state index >= 15 is 0 Å². The molecule has 6 heteroatoms. The summed E-state index contributed by atoms with van der Waals surface area (Å²) in [7, 11) is 0. The molecule has 2 aromatic heterocycles. The Morgan fingerprint density at radius 2 is 2.50 bits per heavy atom. The number of piperidine rings is 1. The highest BCUT2D eigenvalue weighted by molar-refractivity contribution is 5.18. The van der Waals surface area contributed by atoms with Gasteiger partial charge in [-0.1, -0.05) is 0 Å². The van der Waals surface area contributed by atoms with Gasteiger partial charge in [0.1, 0.15) is 0 Å². The van der Waals surface area contributed by atoms with Gasteiger partial charge in [-0.3, -0.25) is 0 Å². The molecular formula is C10H13N5O. The highest BCUT2D eigenvalue weighted by atomic mass is 16.3. The maximum absolute atomic E-state index is 5.31. The van der Waals surface area contributed by atoms with Crippen LogP contribution in [0.4, 0.5) is 0 Å². The SMILES string of the molecule is c1coc(-n2nnnc2C2CCCNC2)c1. The summed E-state index contributed by atoms with van der Waals surface area (Å²) < 4.78 is 6.99. The van der Waals surface area contributed by atoms with E-state index in [9.17, 15) is 0 Å². The number of rotatable bonds is 2. The van der Waals surface area contributed by atoms with Gasteiger partial charge >= 0.3 is 0 Å². The molecule has 0 spiro atoms. The van der Waals surface area contributed by atoms with Gasteiger partial charge in [-0.2, -0.15) is 4.68 Å². The van der Waals surface area contributed by atoms with Crippen LogP contribution in [0, 0.1) is 0 Å². The molecule has 0 radical (unpaired) electrons. The largest absolute Gasteiger partial charge is 0.447 e. The van der Waals surface area contributed by atoms with E-state index in [0.29, 0.717) is 11.8 Å². The zero-order valence-electron chi connectivity index (χ0n) is 8.83. The van der Waals surface area contributed by atoms with Crippen LogP contribution in [0.1, 0.15) is 24.6 Å². The van der Waals surface area contributed by atoms with Gasteiger partial charge in [-0.25, -0.2) is 0 Å². The molecule has 0 bridgehead atoms. The van der Waals surface area contributed by atoms with Crippen LogP contribution < -0.4 is 5.32 Å². The van der Waals surface area contributed by atoms with Crippen molar-refractivity contribution in [2.75, 3.05) is 13.1 Å². The van der Waals surface area contributed by atoms with Crippen LogP contribution in [0.25, 0.3) is 5.88 Å². The first-order valence-corrected chi connectivity index (χ1v) is 5.48. The van der Waals surface area contributed by atoms with Gasteiger partial charge in [0, 0.05) is 18.5 Å². The first-order chi connectivity index (χ1) is 7.95. The molecule has 2 aromatic rings. The van der Waals surface area contributed by atoms with Gasteiger partial charge in [0.25, 0.3) is 0 Å². The number of furan rings is 1. The first kappa shape index (κ1) is 9.53. The monoisotopic (exact) mass is 219 g/mol. The van der Waals surface area contributed by atoms with Crippen LogP contribution in [0.3, 0.4) is 0 Å². The van der Waals surface area contributed by atoms with Crippen LogP contribution in [0.15, 0.2) is 22.8 Å². The van der Waals surface area contributed by atoms with Crippen molar-refractivity contribution in [2.45, 2.75) is 18.8 Å². The minimum Gasteiger partial charge on any atom is -0.447 e. The zero-order chi connectivity index (χ0) is 10.8. The molecule has 1 fully saturated rings. The van der Waals surface area contributed by atoms with Crippen molar-refractivity contribution in [1.29, 1.82) is 0 Å². The van der Waals surface area contributed by atoms with Gasteiger partial charge in [-0.05, 0) is 35.9 Å². The second-order valence-corrected chi connectivity index (χ2v) is 3.94. The maximum atomic E-state index is 5.31. The Kier molecular flexibility index (Phi) is 2.41. The summed E-state index contributed by atoms with van der Waals surface area (Å²) in [5.74, 6) is 1.92. The maximum Gasteiger partial charge on any atom is 0.222 e. The van der Waals surface area contributed by atoms with Crippen molar-refractivity contribution in [2.24, 2.45) is 0 Å². The van der Waals surface area contributed by atoms with E-state index in [4.69, 9.17) is 4.42 Å². The second-order valence-electron chi connectivity index (χ2n) is 3.94. The summed E-state index contributed by atoms with van der Waals surface area (Å²) in [6, 6.07) is 3.69.